The van der Waals surface area contributed by atoms with E-state index in [0.717, 1.165) is 5.56 Å². The summed E-state index contributed by atoms with van der Waals surface area (Å²) >= 11 is 0. The summed E-state index contributed by atoms with van der Waals surface area (Å²) in [5.41, 5.74) is 6.95. The molecule has 0 bridgehead atoms. The van der Waals surface area contributed by atoms with Gasteiger partial charge in [0.15, 0.2) is 0 Å². The number of benzene rings is 1. The van der Waals surface area contributed by atoms with E-state index in [0.29, 0.717) is 17.8 Å². The zero-order valence-electron chi connectivity index (χ0n) is 7.88. The highest BCUT2D eigenvalue weighted by atomic mass is 31.1. The Hall–Kier alpha value is -0.935. The zero-order chi connectivity index (χ0) is 10.8. The van der Waals surface area contributed by atoms with Gasteiger partial charge in [-0.2, -0.15) is 0 Å². The van der Waals surface area contributed by atoms with Gasteiger partial charge in [-0.15, -0.1) is 0 Å². The first-order valence-electron chi connectivity index (χ1n) is 4.48. The topological polar surface area (TPSA) is 88.6 Å². The molecule has 5 nitrogen and oxygen atoms in total. The summed E-state index contributed by atoms with van der Waals surface area (Å²) in [6.45, 7) is 0.312. The molecule has 1 unspecified atom stereocenters. The molecular formula is C8H10BN2O3P. The largest absolute Gasteiger partial charge is 0.495 e. The molecule has 1 heterocycles. The minimum atomic E-state index is -1.01. The number of hydrogen-bond donors (Lipinski definition) is 3. The highest BCUT2D eigenvalue weighted by Gasteiger charge is 2.37. The maximum absolute atomic E-state index is 9.67. The van der Waals surface area contributed by atoms with Gasteiger partial charge in [-0.05, 0) is 11.6 Å². The first kappa shape index (κ1) is 10.6. The lowest BCUT2D eigenvalue weighted by Crippen LogP contribution is -2.29. The maximum atomic E-state index is 9.67. The second kappa shape index (κ2) is 4.29. The first-order chi connectivity index (χ1) is 7.27. The van der Waals surface area contributed by atoms with Crippen LogP contribution >= 0.6 is 8.60 Å². The molecule has 0 radical (unpaired) electrons. The quantitative estimate of drug-likeness (QED) is 0.512. The molecule has 4 N–H and O–H groups in total. The monoisotopic (exact) mass is 224 g/mol. The molecule has 1 aromatic rings. The van der Waals surface area contributed by atoms with Gasteiger partial charge in [0.05, 0.1) is 6.10 Å². The van der Waals surface area contributed by atoms with Crippen molar-refractivity contribution < 1.29 is 14.2 Å². The lowest BCUT2D eigenvalue weighted by atomic mass is 9.78. The van der Waals surface area contributed by atoms with Crippen molar-refractivity contribution >= 4 is 21.2 Å². The van der Waals surface area contributed by atoms with Crippen molar-refractivity contribution in [2.45, 2.75) is 6.10 Å². The summed E-state index contributed by atoms with van der Waals surface area (Å²) in [4.78, 5) is 0. The molecule has 0 aromatic heterocycles. The summed E-state index contributed by atoms with van der Waals surface area (Å²) in [6, 6.07) is 5.34. The van der Waals surface area contributed by atoms with Crippen molar-refractivity contribution in [1.29, 1.82) is 5.16 Å². The number of fused-ring (bicyclic) bond motifs is 1. The molecule has 0 amide bonds. The fourth-order valence-corrected chi connectivity index (χ4v) is 1.97. The standard InChI is InChI=1S/C8H10BN2O3P/c10-4-7-5-2-1-3-6(14-15-11)8(5)9(12)13-7/h1-3,7,11-12H,4,10H2. The Bertz CT molecular complexity index is 390. The van der Waals surface area contributed by atoms with E-state index in [9.17, 15) is 5.02 Å². The number of nitrogens with one attached hydrogen (secondary N) is 1. The number of rotatable bonds is 3. The molecule has 1 aliphatic rings. The van der Waals surface area contributed by atoms with Crippen molar-refractivity contribution in [2.24, 2.45) is 5.73 Å². The molecule has 1 aromatic carbocycles. The van der Waals surface area contributed by atoms with Crippen LogP contribution in [0.15, 0.2) is 18.2 Å². The third-order valence-electron chi connectivity index (χ3n) is 2.34. The number of nitrogens with two attached hydrogens (primary N) is 1. The van der Waals surface area contributed by atoms with Crippen molar-refractivity contribution in [3.63, 3.8) is 0 Å². The molecule has 1 atom stereocenters. The van der Waals surface area contributed by atoms with Crippen LogP contribution < -0.4 is 15.7 Å². The molecule has 0 spiro atoms. The van der Waals surface area contributed by atoms with Crippen LogP contribution in [0.3, 0.4) is 0 Å². The molecule has 0 fully saturated rings. The van der Waals surface area contributed by atoms with Crippen LogP contribution in [-0.4, -0.2) is 18.7 Å². The smallest absolute Gasteiger partial charge is 0.423 e. The van der Waals surface area contributed by atoms with Gasteiger partial charge < -0.3 is 19.9 Å². The summed E-state index contributed by atoms with van der Waals surface area (Å²) in [7, 11) is -0.969. The van der Waals surface area contributed by atoms with Gasteiger partial charge in [0, 0.05) is 12.0 Å². The highest BCUT2D eigenvalue weighted by Crippen LogP contribution is 2.27. The zero-order valence-corrected chi connectivity index (χ0v) is 8.78. The van der Waals surface area contributed by atoms with Gasteiger partial charge >= 0.3 is 7.12 Å². The van der Waals surface area contributed by atoms with Crippen LogP contribution in [0, 0.1) is 5.16 Å². The molecule has 7 heteroatoms. The van der Waals surface area contributed by atoms with Gasteiger partial charge in [-0.25, -0.2) is 5.16 Å². The Balaban J connectivity index is 2.46. The van der Waals surface area contributed by atoms with E-state index >= 15 is 0 Å². The van der Waals surface area contributed by atoms with Crippen LogP contribution in [0.25, 0.3) is 0 Å². The number of hydrogen-bond acceptors (Lipinski definition) is 5. The molecule has 2 rings (SSSR count). The van der Waals surface area contributed by atoms with Crippen molar-refractivity contribution in [3.8, 4) is 5.75 Å². The van der Waals surface area contributed by atoms with Crippen molar-refractivity contribution in [1.82, 2.24) is 0 Å². The third kappa shape index (κ3) is 1.77. The predicted molar refractivity (Wildman–Crippen MR) is 57.2 cm³/mol. The SMILES string of the molecule is N=POc1cccc2c1B(O)OC2CN. The van der Waals surface area contributed by atoms with Crippen molar-refractivity contribution in [2.75, 3.05) is 6.54 Å². The summed E-state index contributed by atoms with van der Waals surface area (Å²) < 4.78 is 10.3. The molecular weight excluding hydrogens is 214 g/mol. The van der Waals surface area contributed by atoms with E-state index in [1.165, 1.54) is 0 Å². The van der Waals surface area contributed by atoms with E-state index in [-0.39, 0.29) is 14.7 Å². The van der Waals surface area contributed by atoms with Gasteiger partial charge in [-0.3, -0.25) is 0 Å². The van der Waals surface area contributed by atoms with Crippen molar-refractivity contribution in [3.05, 3.63) is 23.8 Å². The van der Waals surface area contributed by atoms with E-state index in [1.54, 1.807) is 12.1 Å². The minimum Gasteiger partial charge on any atom is -0.423 e. The highest BCUT2D eigenvalue weighted by molar-refractivity contribution is 7.19. The van der Waals surface area contributed by atoms with E-state index in [1.807, 2.05) is 6.07 Å². The molecule has 1 aliphatic heterocycles. The van der Waals surface area contributed by atoms with Gasteiger partial charge in [0.25, 0.3) is 0 Å². The molecule has 0 saturated carbocycles. The van der Waals surface area contributed by atoms with Gasteiger partial charge in [-0.1, -0.05) is 12.1 Å². The van der Waals surface area contributed by atoms with E-state index in [4.69, 9.17) is 20.1 Å². The van der Waals surface area contributed by atoms with Gasteiger partial charge in [0.2, 0.25) is 8.60 Å². The van der Waals surface area contributed by atoms with E-state index in [2.05, 4.69) is 0 Å². The molecule has 0 aliphatic carbocycles. The summed E-state index contributed by atoms with van der Waals surface area (Å²) in [6.07, 6.45) is -0.291. The maximum Gasteiger partial charge on any atom is 0.495 e. The molecule has 15 heavy (non-hydrogen) atoms. The Kier molecular flexibility index (Phi) is 3.02. The second-order valence-corrected chi connectivity index (χ2v) is 3.52. The Morgan fingerprint density at radius 1 is 1.67 bits per heavy atom. The van der Waals surface area contributed by atoms with Crippen LogP contribution in [-0.2, 0) is 4.65 Å². The fraction of sp³-hybridized carbons (Fsp3) is 0.250. The average Bonchev–Trinajstić information content (AvgIpc) is 2.57. The third-order valence-corrected chi connectivity index (χ3v) is 2.63. The van der Waals surface area contributed by atoms with Crippen LogP contribution in [0.5, 0.6) is 5.75 Å². The normalized spacial score (nSPS) is 19.3. The first-order valence-corrected chi connectivity index (χ1v) is 5.29. The summed E-state index contributed by atoms with van der Waals surface area (Å²) in [5, 5.41) is 16.6. The lowest BCUT2D eigenvalue weighted by molar-refractivity contribution is 0.198. The Morgan fingerprint density at radius 2 is 2.47 bits per heavy atom. The lowest BCUT2D eigenvalue weighted by Gasteiger charge is -2.08. The average molecular weight is 224 g/mol. The summed E-state index contributed by atoms with van der Waals surface area (Å²) in [5.74, 6) is 0.479. The van der Waals surface area contributed by atoms with Crippen LogP contribution in [0.4, 0.5) is 0 Å². The Morgan fingerprint density at radius 3 is 3.13 bits per heavy atom. The Labute approximate surface area is 89.1 Å². The van der Waals surface area contributed by atoms with Gasteiger partial charge in [0.1, 0.15) is 5.75 Å². The predicted octanol–water partition coefficient (Wildman–Crippen LogP) is 0.406. The second-order valence-electron chi connectivity index (χ2n) is 3.15. The molecule has 78 valence electrons. The minimum absolute atomic E-state index is 0.0385. The van der Waals surface area contributed by atoms with Crippen LogP contribution in [0.1, 0.15) is 11.7 Å². The fourth-order valence-electron chi connectivity index (χ4n) is 1.71. The molecule has 0 saturated heterocycles. The van der Waals surface area contributed by atoms with E-state index < -0.39 is 7.12 Å². The van der Waals surface area contributed by atoms with Crippen LogP contribution in [0.2, 0.25) is 0 Å².